The zero-order valence-corrected chi connectivity index (χ0v) is 75.1. The van der Waals surface area contributed by atoms with Gasteiger partial charge >= 0.3 is 0 Å². The van der Waals surface area contributed by atoms with Crippen LogP contribution in [0.4, 0.5) is 75.2 Å². The standard InChI is InChI=1S/C30H40N8O3S.C29H37N7O3S.C28H36N8O3S/c1-18(2)41-25-17-22(21-12-14-38(7)15-13-21)19(3)16-24(25)32-30-33-28(27-20(4)35-36-29(27)34-30)31-23-10-8-9-11-26(23)42(39,40)37(5)6;1-17(2)39-24-16-21(20-11-13-36(5)14-12-20)18(3)15-23(24)31-29-32-27(26-19(4)34-35-28(26)33-29)30-22-9-7-8-10-25(22)40(6,37)38;1-16(2)39-22-15-19(18-10-12-36(4)13-11-18)17(3)14-21(22)31-28-32-26(24-25(29)34-35-27(24)33-28)30-20-8-6-7-9-23(20)40(5,37)38/h8-11,16-18,21H,12-15H2,1-7H3,(H3,31,32,33,34,35,36);7-10,15-17,20H,11-14H2,1-6H3,(H3,30,31,32,33,34,35);6-9,14-16,18H,10-13H2,1-5H3,(H5,29,30,31,32,33,34,35). The number of likely N-dealkylation sites (tertiary alicyclic amines) is 3. The summed E-state index contributed by atoms with van der Waals surface area (Å²) in [5.74, 6) is 6.01. The molecule has 3 aliphatic heterocycles. The first-order valence-corrected chi connectivity index (χ1v) is 46.3. The van der Waals surface area contributed by atoms with Gasteiger partial charge in [0.15, 0.2) is 36.6 Å². The topological polar surface area (TPSA) is 405 Å². The molecule has 648 valence electrons. The summed E-state index contributed by atoms with van der Waals surface area (Å²) in [7, 11) is -1.15. The van der Waals surface area contributed by atoms with Crippen LogP contribution < -0.4 is 51.8 Å². The van der Waals surface area contributed by atoms with Crippen LogP contribution >= 0.6 is 0 Å². The van der Waals surface area contributed by atoms with Crippen molar-refractivity contribution in [1.29, 1.82) is 0 Å². The van der Waals surface area contributed by atoms with Crippen molar-refractivity contribution in [2.75, 3.05) is 125 Å². The number of rotatable bonds is 25. The Bertz CT molecular complexity index is 5910. The van der Waals surface area contributed by atoms with Crippen LogP contribution in [0.1, 0.15) is 143 Å². The van der Waals surface area contributed by atoms with Crippen LogP contribution in [0.2, 0.25) is 0 Å². The molecule has 3 fully saturated rings. The summed E-state index contributed by atoms with van der Waals surface area (Å²) in [6, 6.07) is 32.9. The number of benzene rings is 6. The molecular formula is C87H113N23O9S3. The summed E-state index contributed by atoms with van der Waals surface area (Å²) in [5, 5.41) is 43.1. The Kier molecular flexibility index (Phi) is 26.9. The molecule has 0 atom stereocenters. The van der Waals surface area contributed by atoms with E-state index in [9.17, 15) is 25.3 Å². The van der Waals surface area contributed by atoms with Gasteiger partial charge in [0.1, 0.15) is 50.8 Å². The molecule has 0 saturated carbocycles. The highest BCUT2D eigenvalue weighted by molar-refractivity contribution is 7.91. The van der Waals surface area contributed by atoms with Crippen molar-refractivity contribution in [2.24, 2.45) is 0 Å². The molecule has 32 nitrogen and oxygen atoms in total. The minimum Gasteiger partial charge on any atom is -0.489 e. The Balaban J connectivity index is 0.000000158. The Labute approximate surface area is 714 Å². The molecule has 9 heterocycles. The lowest BCUT2D eigenvalue weighted by atomic mass is 9.86. The van der Waals surface area contributed by atoms with Crippen LogP contribution in [-0.4, -0.2) is 210 Å². The molecule has 0 unspecified atom stereocenters. The summed E-state index contributed by atoms with van der Waals surface area (Å²) in [4.78, 5) is 35.7. The van der Waals surface area contributed by atoms with E-state index in [2.05, 4.69) is 175 Å². The average molecular weight is 1720 g/mol. The number of sulfone groups is 2. The molecule has 35 heteroatoms. The number of hydrogen-bond acceptors (Lipinski definition) is 28. The third-order valence-electron chi connectivity index (χ3n) is 22.0. The van der Waals surface area contributed by atoms with Crippen molar-refractivity contribution in [2.45, 2.75) is 165 Å². The average Bonchev–Trinajstić information content (AvgIpc) is 1.54. The number of anilines is 13. The number of hydrogen-bond donors (Lipinski definition) is 10. The van der Waals surface area contributed by atoms with Crippen molar-refractivity contribution in [3.63, 3.8) is 0 Å². The first kappa shape index (κ1) is 88.4. The fourth-order valence-corrected chi connectivity index (χ4v) is 18.5. The number of nitrogens with zero attached hydrogens (tertiary/aromatic N) is 13. The summed E-state index contributed by atoms with van der Waals surface area (Å²) >= 11 is 0. The Hall–Kier alpha value is -11.3. The molecule has 11 N–H and O–H groups in total. The SMILES string of the molecule is Cc1cc(Nc2nc(Nc3ccccc3S(=O)(=O)N(C)C)c3c(C)[nH]nc3n2)c(OC(C)C)cc1C1CCN(C)CC1.Cc1cc(Nc2nc(Nc3ccccc3S(C)(=O)=O)c3c(C)[nH]nc3n2)c(OC(C)C)cc1C1CCN(C)CC1.Cc1cc(Nc2nc(Nc3ccccc3S(C)(=O)=O)c3c(N)[nH]nc3n2)c(OC(C)C)cc1C1CCN(C)CC1. The highest BCUT2D eigenvalue weighted by Crippen LogP contribution is 2.44. The second-order valence-corrected chi connectivity index (χ2v) is 39.1. The fraction of sp³-hybridized carbons (Fsp3) is 0.414. The highest BCUT2D eigenvalue weighted by atomic mass is 32.2. The molecule has 0 spiro atoms. The smallest absolute Gasteiger partial charge is 0.244 e. The van der Waals surface area contributed by atoms with Gasteiger partial charge in [-0.05, 0) is 299 Å². The highest BCUT2D eigenvalue weighted by Gasteiger charge is 2.30. The van der Waals surface area contributed by atoms with E-state index in [-0.39, 0.29) is 44.8 Å². The number of nitrogens with one attached hydrogen (secondary N) is 9. The van der Waals surface area contributed by atoms with E-state index < -0.39 is 29.7 Å². The number of aromatic nitrogens is 12. The molecule has 6 aromatic heterocycles. The van der Waals surface area contributed by atoms with Crippen molar-refractivity contribution in [1.82, 2.24) is 79.5 Å². The lowest BCUT2D eigenvalue weighted by Crippen LogP contribution is -2.29. The van der Waals surface area contributed by atoms with Gasteiger partial charge < -0.3 is 66.5 Å². The van der Waals surface area contributed by atoms with Gasteiger partial charge in [-0.1, -0.05) is 36.4 Å². The van der Waals surface area contributed by atoms with Crippen molar-refractivity contribution >= 4 is 138 Å². The van der Waals surface area contributed by atoms with E-state index in [1.807, 2.05) is 55.4 Å². The number of aryl methyl sites for hydroxylation is 5. The molecule has 0 bridgehead atoms. The molecule has 3 saturated heterocycles. The molecule has 0 radical (unpaired) electrons. The van der Waals surface area contributed by atoms with Gasteiger partial charge in [0, 0.05) is 38.0 Å². The number of aromatic amines is 3. The van der Waals surface area contributed by atoms with Gasteiger partial charge in [0.2, 0.25) is 27.9 Å². The van der Waals surface area contributed by atoms with Crippen LogP contribution in [0.15, 0.2) is 124 Å². The molecule has 0 amide bonds. The molecular weight excluding hydrogens is 1610 g/mol. The quantitative estimate of drug-likeness (QED) is 0.0254. The number of sulfonamides is 1. The van der Waals surface area contributed by atoms with Gasteiger partial charge in [0.25, 0.3) is 0 Å². The monoisotopic (exact) mass is 1720 g/mol. The number of ether oxygens (including phenoxy) is 3. The minimum atomic E-state index is -3.71. The number of nitrogens with two attached hydrogens (primary N) is 1. The maximum atomic E-state index is 13.1. The predicted octanol–water partition coefficient (Wildman–Crippen LogP) is 15.5. The van der Waals surface area contributed by atoms with E-state index in [0.29, 0.717) is 97.3 Å². The summed E-state index contributed by atoms with van der Waals surface area (Å²) in [6.07, 6.45) is 8.95. The largest absolute Gasteiger partial charge is 0.489 e. The molecule has 122 heavy (non-hydrogen) atoms. The third-order valence-corrected chi connectivity index (χ3v) is 26.2. The number of H-pyrrole nitrogens is 3. The Morgan fingerprint density at radius 2 is 0.689 bits per heavy atom. The van der Waals surface area contributed by atoms with E-state index in [1.165, 1.54) is 64.1 Å². The lowest BCUT2D eigenvalue weighted by Gasteiger charge is -2.30. The molecule has 6 aromatic carbocycles. The maximum Gasteiger partial charge on any atom is 0.244 e. The molecule has 3 aliphatic rings. The van der Waals surface area contributed by atoms with Crippen LogP contribution in [0.5, 0.6) is 17.2 Å². The summed E-state index contributed by atoms with van der Waals surface area (Å²) in [5.41, 5.74) is 19.8. The van der Waals surface area contributed by atoms with Crippen molar-refractivity contribution in [3.05, 3.63) is 154 Å². The van der Waals surface area contributed by atoms with Crippen molar-refractivity contribution < 1.29 is 39.5 Å². The fourth-order valence-electron chi connectivity index (χ4n) is 15.8. The number of fused-ring (bicyclic) bond motifs is 3. The number of piperidine rings is 3. The van der Waals surface area contributed by atoms with Crippen molar-refractivity contribution in [3.8, 4) is 17.2 Å². The first-order valence-electron chi connectivity index (χ1n) is 41.1. The van der Waals surface area contributed by atoms with Gasteiger partial charge in [-0.2, -0.15) is 45.2 Å². The lowest BCUT2D eigenvalue weighted by molar-refractivity contribution is 0.240. The predicted molar refractivity (Wildman–Crippen MR) is 484 cm³/mol. The maximum absolute atomic E-state index is 13.1. The zero-order valence-electron chi connectivity index (χ0n) is 72.6. The number of para-hydroxylation sites is 3. The van der Waals surface area contributed by atoms with E-state index in [4.69, 9.17) is 29.9 Å². The van der Waals surface area contributed by atoms with Crippen LogP contribution in [0, 0.1) is 34.6 Å². The normalized spacial score (nSPS) is 15.1. The molecule has 12 aromatic rings. The number of nitrogen functional groups attached to an aromatic ring is 1. The zero-order chi connectivity index (χ0) is 87.4. The second kappa shape index (κ2) is 37.2. The van der Waals surface area contributed by atoms with Gasteiger partial charge in [-0.15, -0.1) is 0 Å². The first-order chi connectivity index (χ1) is 57.9. The van der Waals surface area contributed by atoms with Crippen LogP contribution in [-0.2, 0) is 29.7 Å². The van der Waals surface area contributed by atoms with E-state index in [0.717, 1.165) is 130 Å². The summed E-state index contributed by atoms with van der Waals surface area (Å²) < 4.78 is 95.7. The Morgan fingerprint density at radius 1 is 0.402 bits per heavy atom. The third kappa shape index (κ3) is 20.7. The van der Waals surface area contributed by atoms with Crippen LogP contribution in [0.3, 0.4) is 0 Å². The van der Waals surface area contributed by atoms with Gasteiger partial charge in [-0.3, -0.25) is 15.3 Å². The molecule has 15 rings (SSSR count). The molecule has 0 aliphatic carbocycles. The Morgan fingerprint density at radius 3 is 1.00 bits per heavy atom. The second-order valence-electron chi connectivity index (χ2n) is 33.0. The van der Waals surface area contributed by atoms with E-state index in [1.54, 1.807) is 66.7 Å². The minimum absolute atomic E-state index is 0.0179. The van der Waals surface area contributed by atoms with E-state index >= 15 is 0 Å². The van der Waals surface area contributed by atoms with Crippen LogP contribution in [0.25, 0.3) is 33.1 Å². The van der Waals surface area contributed by atoms with Gasteiger partial charge in [0.05, 0.1) is 73.0 Å². The summed E-state index contributed by atoms with van der Waals surface area (Å²) in [6.45, 7) is 28.6. The van der Waals surface area contributed by atoms with Gasteiger partial charge in [-0.25, -0.2) is 29.6 Å².